The van der Waals surface area contributed by atoms with Crippen LogP contribution in [0.5, 0.6) is 0 Å². The molecule has 0 aliphatic rings. The molecule has 0 aliphatic carbocycles. The molecule has 19 heavy (non-hydrogen) atoms. The van der Waals surface area contributed by atoms with Crippen LogP contribution in [0.1, 0.15) is 26.3 Å². The topological polar surface area (TPSA) is 55.1 Å². The normalized spacial score (nSPS) is 11.7. The summed E-state index contributed by atoms with van der Waals surface area (Å²) in [5.41, 5.74) is 6.70. The van der Waals surface area contributed by atoms with Gasteiger partial charge in [0.25, 0.3) is 0 Å². The Balaban J connectivity index is 2.88. The minimum absolute atomic E-state index is 0.00458. The number of anilines is 1. The van der Waals surface area contributed by atoms with E-state index in [9.17, 15) is 4.79 Å². The van der Waals surface area contributed by atoms with Crippen LogP contribution in [0.25, 0.3) is 0 Å². The molecular weight excluding hydrogens is 260 g/mol. The van der Waals surface area contributed by atoms with Crippen LogP contribution < -0.4 is 11.1 Å². The van der Waals surface area contributed by atoms with E-state index < -0.39 is 0 Å². The van der Waals surface area contributed by atoms with Gasteiger partial charge in [-0.15, -0.1) is 0 Å². The zero-order chi connectivity index (χ0) is 14.4. The van der Waals surface area contributed by atoms with Gasteiger partial charge >= 0.3 is 0 Å². The van der Waals surface area contributed by atoms with Gasteiger partial charge in [-0.05, 0) is 24.1 Å². The minimum Gasteiger partial charge on any atom is -0.326 e. The van der Waals surface area contributed by atoms with Crippen molar-refractivity contribution in [3.8, 4) is 11.8 Å². The van der Waals surface area contributed by atoms with Crippen molar-refractivity contribution < 1.29 is 4.79 Å². The fraction of sp³-hybridized carbons (Fsp3) is 0.400. The molecule has 0 aromatic heterocycles. The van der Waals surface area contributed by atoms with Gasteiger partial charge in [0, 0.05) is 17.2 Å². The zero-order valence-electron chi connectivity index (χ0n) is 11.5. The molecular formula is C15H19ClN2O. The minimum atomic E-state index is -0.0470. The van der Waals surface area contributed by atoms with Crippen LogP contribution in [0.15, 0.2) is 18.2 Å². The Labute approximate surface area is 119 Å². The Bertz CT molecular complexity index is 515. The molecule has 0 saturated heterocycles. The van der Waals surface area contributed by atoms with Crippen molar-refractivity contribution in [2.45, 2.75) is 20.8 Å². The third-order valence-corrected chi connectivity index (χ3v) is 3.30. The van der Waals surface area contributed by atoms with Crippen molar-refractivity contribution in [1.29, 1.82) is 0 Å². The molecule has 1 aromatic rings. The first kappa shape index (κ1) is 15.6. The molecule has 1 aromatic carbocycles. The van der Waals surface area contributed by atoms with Crippen molar-refractivity contribution >= 4 is 23.2 Å². The van der Waals surface area contributed by atoms with Crippen molar-refractivity contribution in [1.82, 2.24) is 0 Å². The van der Waals surface area contributed by atoms with Gasteiger partial charge in [0.05, 0.1) is 11.6 Å². The highest BCUT2D eigenvalue weighted by Crippen LogP contribution is 2.21. The SMILES string of the molecule is CC(C)C(C)C(=O)Nc1ccc(Cl)c(C#CCN)c1. The van der Waals surface area contributed by atoms with Crippen LogP contribution in [0.2, 0.25) is 5.02 Å². The number of benzene rings is 1. The second-order valence-corrected chi connectivity index (χ2v) is 5.13. The highest BCUT2D eigenvalue weighted by atomic mass is 35.5. The van der Waals surface area contributed by atoms with E-state index in [1.54, 1.807) is 18.2 Å². The summed E-state index contributed by atoms with van der Waals surface area (Å²) in [7, 11) is 0. The van der Waals surface area contributed by atoms with Gasteiger partial charge < -0.3 is 11.1 Å². The molecule has 0 heterocycles. The molecule has 0 bridgehead atoms. The van der Waals surface area contributed by atoms with Gasteiger partial charge in [0.2, 0.25) is 5.91 Å². The molecule has 3 N–H and O–H groups in total. The number of hydrogen-bond donors (Lipinski definition) is 2. The lowest BCUT2D eigenvalue weighted by Crippen LogP contribution is -2.24. The molecule has 102 valence electrons. The summed E-state index contributed by atoms with van der Waals surface area (Å²) >= 11 is 6.03. The van der Waals surface area contributed by atoms with Crippen molar-refractivity contribution in [3.05, 3.63) is 28.8 Å². The number of carbonyl (C=O) groups is 1. The Morgan fingerprint density at radius 2 is 2.11 bits per heavy atom. The van der Waals surface area contributed by atoms with Crippen LogP contribution in [-0.4, -0.2) is 12.5 Å². The molecule has 0 saturated carbocycles. The van der Waals surface area contributed by atoms with E-state index in [4.69, 9.17) is 17.3 Å². The zero-order valence-corrected chi connectivity index (χ0v) is 12.2. The highest BCUT2D eigenvalue weighted by Gasteiger charge is 2.16. The van der Waals surface area contributed by atoms with E-state index in [1.165, 1.54) is 0 Å². The Morgan fingerprint density at radius 1 is 1.42 bits per heavy atom. The average Bonchev–Trinajstić information content (AvgIpc) is 2.38. The number of nitrogens with one attached hydrogen (secondary N) is 1. The Hall–Kier alpha value is -1.50. The highest BCUT2D eigenvalue weighted by molar-refractivity contribution is 6.31. The first-order valence-electron chi connectivity index (χ1n) is 6.25. The summed E-state index contributed by atoms with van der Waals surface area (Å²) in [5, 5.41) is 3.42. The smallest absolute Gasteiger partial charge is 0.227 e. The summed E-state index contributed by atoms with van der Waals surface area (Å²) in [4.78, 5) is 12.0. The number of rotatable bonds is 3. The number of halogens is 1. The van der Waals surface area contributed by atoms with Crippen LogP contribution >= 0.6 is 11.6 Å². The molecule has 0 spiro atoms. The lowest BCUT2D eigenvalue weighted by Gasteiger charge is -2.15. The lowest BCUT2D eigenvalue weighted by molar-refractivity contribution is -0.120. The molecule has 1 atom stereocenters. The molecule has 0 aliphatic heterocycles. The second kappa shape index (κ2) is 7.18. The van der Waals surface area contributed by atoms with Crippen LogP contribution in [0.4, 0.5) is 5.69 Å². The summed E-state index contributed by atoms with van der Waals surface area (Å²) in [5.74, 6) is 5.87. The van der Waals surface area contributed by atoms with E-state index in [0.29, 0.717) is 22.2 Å². The van der Waals surface area contributed by atoms with Crippen LogP contribution in [0, 0.1) is 23.7 Å². The summed E-state index contributed by atoms with van der Waals surface area (Å²) < 4.78 is 0. The Morgan fingerprint density at radius 3 is 2.68 bits per heavy atom. The molecule has 1 rings (SSSR count). The van der Waals surface area contributed by atoms with Gasteiger partial charge in [-0.2, -0.15) is 0 Å². The first-order chi connectivity index (χ1) is 8.95. The molecule has 1 unspecified atom stereocenters. The fourth-order valence-electron chi connectivity index (χ4n) is 1.40. The molecule has 4 heteroatoms. The van der Waals surface area contributed by atoms with Gasteiger partial charge in [0.1, 0.15) is 0 Å². The standard InChI is InChI=1S/C15H19ClN2O/c1-10(2)11(3)15(19)18-13-6-7-14(16)12(9-13)5-4-8-17/h6-7,9-11H,8,17H2,1-3H3,(H,18,19). The van der Waals surface area contributed by atoms with Gasteiger partial charge in [-0.1, -0.05) is 44.2 Å². The van der Waals surface area contributed by atoms with Gasteiger partial charge in [-0.3, -0.25) is 4.79 Å². The predicted molar refractivity (Wildman–Crippen MR) is 80.0 cm³/mol. The summed E-state index contributed by atoms with van der Waals surface area (Å²) in [6.45, 7) is 6.22. The molecule has 0 radical (unpaired) electrons. The van der Waals surface area contributed by atoms with Crippen LogP contribution in [-0.2, 0) is 4.79 Å². The monoisotopic (exact) mass is 278 g/mol. The quantitative estimate of drug-likeness (QED) is 0.836. The number of hydrogen-bond acceptors (Lipinski definition) is 2. The van der Waals surface area contributed by atoms with E-state index in [-0.39, 0.29) is 18.4 Å². The summed E-state index contributed by atoms with van der Waals surface area (Å²) in [6.07, 6.45) is 0. The van der Waals surface area contributed by atoms with E-state index in [0.717, 1.165) is 0 Å². The third-order valence-electron chi connectivity index (χ3n) is 2.97. The molecule has 3 nitrogen and oxygen atoms in total. The van der Waals surface area contributed by atoms with Gasteiger partial charge in [-0.25, -0.2) is 0 Å². The first-order valence-corrected chi connectivity index (χ1v) is 6.62. The number of amides is 1. The van der Waals surface area contributed by atoms with Crippen molar-refractivity contribution in [2.75, 3.05) is 11.9 Å². The number of carbonyl (C=O) groups excluding carboxylic acids is 1. The second-order valence-electron chi connectivity index (χ2n) is 4.72. The van der Waals surface area contributed by atoms with Crippen molar-refractivity contribution in [3.63, 3.8) is 0 Å². The predicted octanol–water partition coefficient (Wildman–Crippen LogP) is 2.88. The van der Waals surface area contributed by atoms with E-state index >= 15 is 0 Å². The van der Waals surface area contributed by atoms with Crippen LogP contribution in [0.3, 0.4) is 0 Å². The molecule has 0 fully saturated rings. The Kier molecular flexibility index (Phi) is 5.88. The average molecular weight is 279 g/mol. The third kappa shape index (κ3) is 4.59. The summed E-state index contributed by atoms with van der Waals surface area (Å²) in [6, 6.07) is 5.24. The van der Waals surface area contributed by atoms with Gasteiger partial charge in [0.15, 0.2) is 0 Å². The maximum atomic E-state index is 12.0. The van der Waals surface area contributed by atoms with E-state index in [1.807, 2.05) is 20.8 Å². The maximum absolute atomic E-state index is 12.0. The van der Waals surface area contributed by atoms with Crippen molar-refractivity contribution in [2.24, 2.45) is 17.6 Å². The maximum Gasteiger partial charge on any atom is 0.227 e. The lowest BCUT2D eigenvalue weighted by atomic mass is 9.97. The number of nitrogens with two attached hydrogens (primary N) is 1. The fourth-order valence-corrected chi connectivity index (χ4v) is 1.57. The van der Waals surface area contributed by atoms with E-state index in [2.05, 4.69) is 17.2 Å². The largest absolute Gasteiger partial charge is 0.326 e. The molecule has 1 amide bonds.